The number of piperidine rings is 1. The van der Waals surface area contributed by atoms with E-state index in [1.54, 1.807) is 12.1 Å². The fourth-order valence-electron chi connectivity index (χ4n) is 3.83. The molecular weight excluding hydrogens is 411 g/mol. The maximum atomic E-state index is 13.5. The molecule has 2 aliphatic rings. The van der Waals surface area contributed by atoms with Crippen LogP contribution in [0.15, 0.2) is 52.4 Å². The largest absolute Gasteiger partial charge is 0.325 e. The summed E-state index contributed by atoms with van der Waals surface area (Å²) in [6.45, 7) is 5.88. The summed E-state index contributed by atoms with van der Waals surface area (Å²) in [5, 5.41) is 3.76. The van der Waals surface area contributed by atoms with Gasteiger partial charge < -0.3 is 10.2 Å². The van der Waals surface area contributed by atoms with Crippen LogP contribution in [-0.4, -0.2) is 53.1 Å². The minimum Gasteiger partial charge on any atom is -0.325 e. The average Bonchev–Trinajstić information content (AvgIpc) is 3.11. The van der Waals surface area contributed by atoms with Crippen LogP contribution in [0.1, 0.15) is 29.5 Å². The van der Waals surface area contributed by atoms with Crippen molar-refractivity contribution in [1.82, 2.24) is 4.90 Å². The lowest BCUT2D eigenvalue weighted by molar-refractivity contribution is -0.113. The van der Waals surface area contributed by atoms with Crippen LogP contribution < -0.4 is 5.32 Å². The van der Waals surface area contributed by atoms with Gasteiger partial charge in [0.1, 0.15) is 10.9 Å². The smallest absolute Gasteiger partial charge is 0.234 e. The number of carbonyl (C=O) groups is 1. The Kier molecular flexibility index (Phi) is 6.25. The third-order valence-corrected chi connectivity index (χ3v) is 6.92. The van der Waals surface area contributed by atoms with E-state index in [0.29, 0.717) is 0 Å². The highest BCUT2D eigenvalue weighted by atomic mass is 32.2. The molecule has 0 aromatic heterocycles. The number of halogens is 1. The molecule has 2 heterocycles. The van der Waals surface area contributed by atoms with Crippen molar-refractivity contribution in [3.05, 3.63) is 65.0 Å². The molecule has 2 aliphatic heterocycles. The number of benzene rings is 2. The highest BCUT2D eigenvalue weighted by molar-refractivity contribution is 8.16. The molecule has 0 radical (unpaired) electrons. The third-order valence-electron chi connectivity index (χ3n) is 5.96. The molecule has 2 aromatic carbocycles. The number of amides is 1. The predicted molar refractivity (Wildman–Crippen MR) is 127 cm³/mol. The van der Waals surface area contributed by atoms with Gasteiger partial charge in [0.05, 0.1) is 11.5 Å². The summed E-state index contributed by atoms with van der Waals surface area (Å²) in [5.41, 5.74) is 4.16. The number of rotatable bonds is 4. The Morgan fingerprint density at radius 2 is 1.84 bits per heavy atom. The highest BCUT2D eigenvalue weighted by Crippen LogP contribution is 2.35. The van der Waals surface area contributed by atoms with E-state index in [-0.39, 0.29) is 17.5 Å². The van der Waals surface area contributed by atoms with E-state index in [4.69, 9.17) is 9.98 Å². The van der Waals surface area contributed by atoms with Crippen molar-refractivity contribution in [2.24, 2.45) is 9.98 Å². The van der Waals surface area contributed by atoms with Crippen molar-refractivity contribution in [2.45, 2.75) is 32.4 Å². The van der Waals surface area contributed by atoms with E-state index in [2.05, 4.69) is 17.3 Å². The van der Waals surface area contributed by atoms with Gasteiger partial charge in [-0.15, -0.1) is 0 Å². The van der Waals surface area contributed by atoms with Gasteiger partial charge in [-0.05, 0) is 62.4 Å². The van der Waals surface area contributed by atoms with Gasteiger partial charge in [0.2, 0.25) is 5.91 Å². The molecule has 1 spiro atoms. The normalized spacial score (nSPS) is 18.1. The van der Waals surface area contributed by atoms with Crippen LogP contribution in [-0.2, 0) is 4.79 Å². The number of anilines is 1. The first-order valence-electron chi connectivity index (χ1n) is 10.5. The number of aryl methyl sites for hydroxylation is 1. The number of carbonyl (C=O) groups excluding carboxylic acids is 1. The molecule has 2 aromatic rings. The number of aliphatic imine (C=N–C) groups is 2. The van der Waals surface area contributed by atoms with Crippen molar-refractivity contribution in [2.75, 3.05) is 31.2 Å². The Balaban J connectivity index is 1.51. The van der Waals surface area contributed by atoms with Crippen molar-refractivity contribution in [3.8, 4) is 0 Å². The first-order valence-corrected chi connectivity index (χ1v) is 11.5. The second kappa shape index (κ2) is 8.93. The van der Waals surface area contributed by atoms with Gasteiger partial charge in [-0.3, -0.25) is 9.79 Å². The van der Waals surface area contributed by atoms with Gasteiger partial charge >= 0.3 is 0 Å². The average molecular weight is 439 g/mol. The molecule has 0 saturated carbocycles. The predicted octanol–water partition coefficient (Wildman–Crippen LogP) is 4.44. The summed E-state index contributed by atoms with van der Waals surface area (Å²) < 4.78 is 13.5. The van der Waals surface area contributed by atoms with Crippen LogP contribution in [0.4, 0.5) is 10.1 Å². The van der Waals surface area contributed by atoms with Crippen LogP contribution in [0.5, 0.6) is 0 Å². The summed E-state index contributed by atoms with van der Waals surface area (Å²) in [6.07, 6.45) is 1.68. The third kappa shape index (κ3) is 4.88. The lowest BCUT2D eigenvalue weighted by Crippen LogP contribution is -2.39. The quantitative estimate of drug-likeness (QED) is 0.768. The molecule has 4 rings (SSSR count). The molecule has 1 fully saturated rings. The van der Waals surface area contributed by atoms with E-state index >= 15 is 0 Å². The number of hydrogen-bond donors (Lipinski definition) is 1. The first-order chi connectivity index (χ1) is 14.8. The molecule has 0 unspecified atom stereocenters. The Labute approximate surface area is 186 Å². The van der Waals surface area contributed by atoms with Crippen LogP contribution in [0.2, 0.25) is 0 Å². The summed E-state index contributed by atoms with van der Waals surface area (Å²) in [4.78, 5) is 24.9. The van der Waals surface area contributed by atoms with E-state index in [9.17, 15) is 9.18 Å². The summed E-state index contributed by atoms with van der Waals surface area (Å²) in [6, 6.07) is 12.2. The van der Waals surface area contributed by atoms with Gasteiger partial charge in [0.15, 0.2) is 5.66 Å². The molecule has 5 nitrogen and oxygen atoms in total. The lowest BCUT2D eigenvalue weighted by Gasteiger charge is -2.33. The highest BCUT2D eigenvalue weighted by Gasteiger charge is 2.39. The van der Waals surface area contributed by atoms with Crippen LogP contribution in [0.25, 0.3) is 0 Å². The molecule has 1 saturated heterocycles. The van der Waals surface area contributed by atoms with Crippen LogP contribution >= 0.6 is 11.8 Å². The number of nitrogens with zero attached hydrogens (tertiary/aromatic N) is 3. The zero-order valence-corrected chi connectivity index (χ0v) is 18.9. The molecular formula is C24H27FN4OS. The van der Waals surface area contributed by atoms with Crippen molar-refractivity contribution < 1.29 is 9.18 Å². The Morgan fingerprint density at radius 3 is 2.55 bits per heavy atom. The zero-order chi connectivity index (χ0) is 22.0. The van der Waals surface area contributed by atoms with Crippen LogP contribution in [0, 0.1) is 19.7 Å². The van der Waals surface area contributed by atoms with E-state index in [1.165, 1.54) is 23.9 Å². The molecule has 1 amide bonds. The van der Waals surface area contributed by atoms with E-state index < -0.39 is 5.66 Å². The zero-order valence-electron chi connectivity index (χ0n) is 18.1. The topological polar surface area (TPSA) is 57.1 Å². The maximum absolute atomic E-state index is 13.5. The monoisotopic (exact) mass is 438 g/mol. The Bertz CT molecular complexity index is 1040. The number of thioether (sulfide) groups is 1. The second-order valence-corrected chi connectivity index (χ2v) is 9.22. The molecule has 0 aliphatic carbocycles. The maximum Gasteiger partial charge on any atom is 0.234 e. The second-order valence-electron chi connectivity index (χ2n) is 8.25. The van der Waals surface area contributed by atoms with E-state index in [0.717, 1.165) is 59.1 Å². The van der Waals surface area contributed by atoms with Crippen LogP contribution in [0.3, 0.4) is 0 Å². The minimum absolute atomic E-state index is 0.0795. The number of likely N-dealkylation sites (tertiary alicyclic amines) is 1. The fourth-order valence-corrected chi connectivity index (χ4v) is 4.70. The Morgan fingerprint density at radius 1 is 1.13 bits per heavy atom. The van der Waals surface area contributed by atoms with Gasteiger partial charge in [-0.1, -0.05) is 23.9 Å². The SMILES string of the molecule is Cc1cccc(NC(=O)CSC2=NC3(CCN(C)CC3)N=C2c2ccc(F)cc2)c1C. The van der Waals surface area contributed by atoms with Gasteiger partial charge in [-0.25, -0.2) is 9.38 Å². The van der Waals surface area contributed by atoms with Gasteiger partial charge in [0, 0.05) is 37.2 Å². The molecule has 31 heavy (non-hydrogen) atoms. The van der Waals surface area contributed by atoms with E-state index in [1.807, 2.05) is 32.0 Å². The first kappa shape index (κ1) is 21.7. The van der Waals surface area contributed by atoms with Crippen molar-refractivity contribution >= 4 is 34.1 Å². The molecule has 1 N–H and O–H groups in total. The fraction of sp³-hybridized carbons (Fsp3) is 0.375. The summed E-state index contributed by atoms with van der Waals surface area (Å²) in [5.74, 6) is -0.123. The molecule has 162 valence electrons. The molecule has 7 heteroatoms. The van der Waals surface area contributed by atoms with Crippen molar-refractivity contribution in [3.63, 3.8) is 0 Å². The number of hydrogen-bond acceptors (Lipinski definition) is 5. The lowest BCUT2D eigenvalue weighted by atomic mass is 9.99. The Hall–Kier alpha value is -2.51. The van der Waals surface area contributed by atoms with Gasteiger partial charge in [0.25, 0.3) is 0 Å². The molecule has 0 bridgehead atoms. The molecule has 0 atom stereocenters. The number of nitrogens with one attached hydrogen (secondary N) is 1. The van der Waals surface area contributed by atoms with Crippen molar-refractivity contribution in [1.29, 1.82) is 0 Å². The standard InChI is InChI=1S/C24H27FN4OS/c1-16-5-4-6-20(17(16)2)26-21(30)15-31-23-22(18-7-9-19(25)10-8-18)27-24(28-23)11-13-29(3)14-12-24/h4-10H,11-15H2,1-3H3,(H,26,30). The minimum atomic E-state index is -0.470. The van der Waals surface area contributed by atoms with Gasteiger partial charge in [-0.2, -0.15) is 0 Å². The summed E-state index contributed by atoms with van der Waals surface area (Å²) >= 11 is 1.40. The summed E-state index contributed by atoms with van der Waals surface area (Å²) in [7, 11) is 2.10.